The Morgan fingerprint density at radius 3 is 2.36 bits per heavy atom. The van der Waals surface area contributed by atoms with Crippen molar-refractivity contribution in [3.8, 4) is 0 Å². The van der Waals surface area contributed by atoms with Gasteiger partial charge < -0.3 is 10.8 Å². The maximum atomic E-state index is 9.15. The summed E-state index contributed by atoms with van der Waals surface area (Å²) in [5.74, 6) is 0.136. The van der Waals surface area contributed by atoms with Gasteiger partial charge in [0, 0.05) is 11.0 Å². The van der Waals surface area contributed by atoms with Crippen LogP contribution in [0.3, 0.4) is 0 Å². The second kappa shape index (κ2) is 3.71. The quantitative estimate of drug-likeness (QED) is 0.697. The SMILES string of the molecule is CC(C)(C)c1nc(N)nc(Cl)c1CO. The molecular weight excluding hydrogens is 202 g/mol. The molecule has 0 saturated heterocycles. The molecule has 0 unspecified atom stereocenters. The van der Waals surface area contributed by atoms with Gasteiger partial charge >= 0.3 is 0 Å². The molecule has 0 aliphatic heterocycles. The molecule has 0 spiro atoms. The highest BCUT2D eigenvalue weighted by Gasteiger charge is 2.22. The summed E-state index contributed by atoms with van der Waals surface area (Å²) < 4.78 is 0. The zero-order chi connectivity index (χ0) is 10.9. The van der Waals surface area contributed by atoms with Crippen molar-refractivity contribution in [2.75, 3.05) is 5.73 Å². The number of hydrogen-bond donors (Lipinski definition) is 2. The number of aliphatic hydroxyl groups excluding tert-OH is 1. The summed E-state index contributed by atoms with van der Waals surface area (Å²) in [6, 6.07) is 0. The Balaban J connectivity index is 3.40. The Morgan fingerprint density at radius 2 is 1.93 bits per heavy atom. The van der Waals surface area contributed by atoms with Gasteiger partial charge in [-0.05, 0) is 0 Å². The van der Waals surface area contributed by atoms with Gasteiger partial charge in [0.25, 0.3) is 0 Å². The fourth-order valence-electron chi connectivity index (χ4n) is 1.23. The summed E-state index contributed by atoms with van der Waals surface area (Å²) in [5, 5.41) is 9.38. The van der Waals surface area contributed by atoms with Crippen LogP contribution in [0, 0.1) is 0 Å². The Bertz CT molecular complexity index is 347. The number of rotatable bonds is 1. The van der Waals surface area contributed by atoms with Crippen LogP contribution in [0.25, 0.3) is 0 Å². The van der Waals surface area contributed by atoms with Gasteiger partial charge in [-0.3, -0.25) is 0 Å². The lowest BCUT2D eigenvalue weighted by Gasteiger charge is -2.21. The Morgan fingerprint density at radius 1 is 1.36 bits per heavy atom. The van der Waals surface area contributed by atoms with E-state index in [0.717, 1.165) is 0 Å². The molecule has 0 amide bonds. The van der Waals surface area contributed by atoms with Crippen LogP contribution in [0.4, 0.5) is 5.95 Å². The van der Waals surface area contributed by atoms with Gasteiger partial charge in [-0.15, -0.1) is 0 Å². The zero-order valence-electron chi connectivity index (χ0n) is 8.50. The summed E-state index contributed by atoms with van der Waals surface area (Å²) in [6.45, 7) is 5.75. The van der Waals surface area contributed by atoms with E-state index in [2.05, 4.69) is 9.97 Å². The lowest BCUT2D eigenvalue weighted by atomic mass is 9.89. The van der Waals surface area contributed by atoms with Gasteiger partial charge in [0.15, 0.2) is 0 Å². The van der Waals surface area contributed by atoms with Crippen LogP contribution in [-0.4, -0.2) is 15.1 Å². The molecule has 14 heavy (non-hydrogen) atoms. The number of nitrogen functional groups attached to an aromatic ring is 1. The number of nitrogens with two attached hydrogens (primary N) is 1. The van der Waals surface area contributed by atoms with Crippen molar-refractivity contribution in [1.29, 1.82) is 0 Å². The highest BCUT2D eigenvalue weighted by molar-refractivity contribution is 6.30. The number of nitrogens with zero attached hydrogens (tertiary/aromatic N) is 2. The van der Waals surface area contributed by atoms with Gasteiger partial charge in [0.1, 0.15) is 5.15 Å². The normalized spacial score (nSPS) is 11.8. The lowest BCUT2D eigenvalue weighted by Crippen LogP contribution is -2.19. The largest absolute Gasteiger partial charge is 0.391 e. The van der Waals surface area contributed by atoms with Crippen molar-refractivity contribution in [2.24, 2.45) is 0 Å². The van der Waals surface area contributed by atoms with Gasteiger partial charge in [-0.1, -0.05) is 32.4 Å². The molecule has 0 atom stereocenters. The third-order valence-corrected chi connectivity index (χ3v) is 2.16. The monoisotopic (exact) mass is 215 g/mol. The van der Waals surface area contributed by atoms with E-state index in [0.29, 0.717) is 11.3 Å². The van der Waals surface area contributed by atoms with Gasteiger partial charge in [0.05, 0.1) is 12.3 Å². The average molecular weight is 216 g/mol. The van der Waals surface area contributed by atoms with E-state index in [-0.39, 0.29) is 23.1 Å². The Hall–Kier alpha value is -0.870. The summed E-state index contributed by atoms with van der Waals surface area (Å²) >= 11 is 5.85. The van der Waals surface area contributed by atoms with E-state index in [1.54, 1.807) is 0 Å². The number of hydrogen-bond acceptors (Lipinski definition) is 4. The van der Waals surface area contributed by atoms with Crippen molar-refractivity contribution in [2.45, 2.75) is 32.8 Å². The van der Waals surface area contributed by atoms with Crippen LogP contribution in [0.1, 0.15) is 32.0 Å². The van der Waals surface area contributed by atoms with Crippen molar-refractivity contribution in [3.05, 3.63) is 16.4 Å². The van der Waals surface area contributed by atoms with Crippen molar-refractivity contribution >= 4 is 17.5 Å². The van der Waals surface area contributed by atoms with Crippen molar-refractivity contribution in [1.82, 2.24) is 9.97 Å². The molecule has 0 aliphatic carbocycles. The molecule has 0 radical (unpaired) electrons. The highest BCUT2D eigenvalue weighted by atomic mass is 35.5. The molecule has 1 aromatic rings. The number of anilines is 1. The van der Waals surface area contributed by atoms with E-state index in [1.165, 1.54) is 0 Å². The molecule has 1 aromatic heterocycles. The Labute approximate surface area is 88.1 Å². The molecular formula is C9H14ClN3O. The molecule has 0 aliphatic rings. The predicted octanol–water partition coefficient (Wildman–Crippen LogP) is 1.50. The topological polar surface area (TPSA) is 72.0 Å². The fourth-order valence-corrected chi connectivity index (χ4v) is 1.47. The first-order chi connectivity index (χ1) is 6.36. The number of aromatic nitrogens is 2. The van der Waals surface area contributed by atoms with Crippen molar-refractivity contribution < 1.29 is 5.11 Å². The van der Waals surface area contributed by atoms with E-state index in [1.807, 2.05) is 20.8 Å². The first kappa shape index (κ1) is 11.2. The van der Waals surface area contributed by atoms with Gasteiger partial charge in [-0.2, -0.15) is 0 Å². The van der Waals surface area contributed by atoms with Gasteiger partial charge in [-0.25, -0.2) is 9.97 Å². The fraction of sp³-hybridized carbons (Fsp3) is 0.556. The second-order valence-electron chi connectivity index (χ2n) is 4.11. The average Bonchev–Trinajstić information content (AvgIpc) is 2.01. The molecule has 0 fully saturated rings. The van der Waals surface area contributed by atoms with E-state index in [9.17, 15) is 0 Å². The zero-order valence-corrected chi connectivity index (χ0v) is 9.26. The molecule has 1 rings (SSSR count). The first-order valence-electron chi connectivity index (χ1n) is 4.29. The van der Waals surface area contributed by atoms with E-state index in [4.69, 9.17) is 22.4 Å². The van der Waals surface area contributed by atoms with Crippen LogP contribution >= 0.6 is 11.6 Å². The van der Waals surface area contributed by atoms with Crippen LogP contribution in [0.5, 0.6) is 0 Å². The van der Waals surface area contributed by atoms with E-state index < -0.39 is 0 Å². The minimum atomic E-state index is -0.210. The lowest BCUT2D eigenvalue weighted by molar-refractivity contribution is 0.277. The first-order valence-corrected chi connectivity index (χ1v) is 4.67. The molecule has 78 valence electrons. The summed E-state index contributed by atoms with van der Waals surface area (Å²) in [4.78, 5) is 7.89. The molecule has 1 heterocycles. The second-order valence-corrected chi connectivity index (χ2v) is 4.47. The third kappa shape index (κ3) is 2.13. The maximum absolute atomic E-state index is 9.15. The molecule has 0 aromatic carbocycles. The minimum Gasteiger partial charge on any atom is -0.391 e. The molecule has 5 heteroatoms. The highest BCUT2D eigenvalue weighted by Crippen LogP contribution is 2.28. The predicted molar refractivity (Wildman–Crippen MR) is 56.1 cm³/mol. The maximum Gasteiger partial charge on any atom is 0.221 e. The molecule has 0 saturated carbocycles. The summed E-state index contributed by atoms with van der Waals surface area (Å²) in [6.07, 6.45) is 0. The van der Waals surface area contributed by atoms with E-state index >= 15 is 0 Å². The van der Waals surface area contributed by atoms with Crippen LogP contribution in [0.2, 0.25) is 5.15 Å². The molecule has 4 nitrogen and oxygen atoms in total. The third-order valence-electron chi connectivity index (χ3n) is 1.84. The van der Waals surface area contributed by atoms with Crippen LogP contribution in [-0.2, 0) is 12.0 Å². The van der Waals surface area contributed by atoms with Crippen LogP contribution < -0.4 is 5.73 Å². The Kier molecular flexibility index (Phi) is 2.97. The number of aliphatic hydroxyl groups is 1. The van der Waals surface area contributed by atoms with Crippen LogP contribution in [0.15, 0.2) is 0 Å². The molecule has 0 bridgehead atoms. The smallest absolute Gasteiger partial charge is 0.221 e. The standard InChI is InChI=1S/C9H14ClN3O/c1-9(2,3)6-5(4-14)7(10)13-8(11)12-6/h14H,4H2,1-3H3,(H2,11,12,13). The molecule has 3 N–H and O–H groups in total. The van der Waals surface area contributed by atoms with Gasteiger partial charge in [0.2, 0.25) is 5.95 Å². The van der Waals surface area contributed by atoms with Crippen molar-refractivity contribution in [3.63, 3.8) is 0 Å². The summed E-state index contributed by atoms with van der Waals surface area (Å²) in [5.41, 5.74) is 6.52. The summed E-state index contributed by atoms with van der Waals surface area (Å²) in [7, 11) is 0. The number of halogens is 1. The minimum absolute atomic E-state index is 0.136.